The van der Waals surface area contributed by atoms with E-state index in [0.29, 0.717) is 29.7 Å². The number of carboxylic acid groups (broad SMARTS) is 1. The Morgan fingerprint density at radius 2 is 2.00 bits per heavy atom. The first-order valence-electron chi connectivity index (χ1n) is 7.30. The van der Waals surface area contributed by atoms with Gasteiger partial charge in [0.05, 0.1) is 7.11 Å². The molecule has 0 spiro atoms. The fourth-order valence-corrected chi connectivity index (χ4v) is 2.71. The maximum atomic E-state index is 11.8. The van der Waals surface area contributed by atoms with Crippen LogP contribution < -0.4 is 69.0 Å². The normalized spacial score (nSPS) is 12.6. The fourth-order valence-electron chi connectivity index (χ4n) is 2.71. The molecule has 25 heavy (non-hydrogen) atoms. The van der Waals surface area contributed by atoms with Gasteiger partial charge in [-0.15, -0.1) is 0 Å². The predicted octanol–water partition coefficient (Wildman–Crippen LogP) is -4.59. The van der Waals surface area contributed by atoms with Crippen LogP contribution in [0.25, 0.3) is 0 Å². The Bertz CT molecular complexity index is 697. The summed E-state index contributed by atoms with van der Waals surface area (Å²) in [5.41, 5.74) is 2.96. The van der Waals surface area contributed by atoms with Crippen molar-refractivity contribution in [3.05, 3.63) is 33.9 Å². The van der Waals surface area contributed by atoms with Crippen molar-refractivity contribution < 1.29 is 88.4 Å². The number of carbonyl (C=O) groups excluding carboxylic acids is 2. The van der Waals surface area contributed by atoms with Gasteiger partial charge in [-0.1, -0.05) is 11.6 Å². The molecule has 1 heterocycles. The third kappa shape index (κ3) is 5.49. The second kappa shape index (κ2) is 10.6. The van der Waals surface area contributed by atoms with Crippen molar-refractivity contribution in [2.75, 3.05) is 7.11 Å². The number of ether oxygens (including phenoxy) is 2. The molecule has 0 aromatic heterocycles. The summed E-state index contributed by atoms with van der Waals surface area (Å²) in [6.45, 7) is 3.75. The van der Waals surface area contributed by atoms with Crippen molar-refractivity contribution in [1.82, 2.24) is 0 Å². The molecule has 0 radical (unpaired) electrons. The summed E-state index contributed by atoms with van der Waals surface area (Å²) in [5, 5.41) is 20.9. The summed E-state index contributed by atoms with van der Waals surface area (Å²) < 4.78 is 10.4. The maximum absolute atomic E-state index is 11.8. The van der Waals surface area contributed by atoms with Crippen LogP contribution in [-0.4, -0.2) is 24.2 Å². The van der Waals surface area contributed by atoms with Crippen molar-refractivity contribution in [2.24, 2.45) is 0 Å². The van der Waals surface area contributed by atoms with Crippen LogP contribution >= 0.6 is 0 Å². The third-order valence-corrected chi connectivity index (χ3v) is 4.03. The number of carboxylic acids is 1. The molecule has 124 valence electrons. The van der Waals surface area contributed by atoms with E-state index in [9.17, 15) is 19.8 Å². The molecule has 0 saturated heterocycles. The topological polar surface area (TPSA) is 95.9 Å². The molecule has 0 atom stereocenters. The van der Waals surface area contributed by atoms with Gasteiger partial charge in [0.1, 0.15) is 23.7 Å². The molecule has 8 heteroatoms. The SMILES string of the molecule is COc1c(C)c2c(c(O)c1C/C=C(\C)CCC(=O)[O-])C(=O)OC2.[Na+].[Na+]. The summed E-state index contributed by atoms with van der Waals surface area (Å²) in [4.78, 5) is 22.3. The summed E-state index contributed by atoms with van der Waals surface area (Å²) >= 11 is 0. The molecule has 1 aliphatic rings. The van der Waals surface area contributed by atoms with Crippen LogP contribution in [-0.2, 0) is 22.6 Å². The fraction of sp³-hybridized carbons (Fsp3) is 0.412. The van der Waals surface area contributed by atoms with Gasteiger partial charge in [-0.2, -0.15) is 0 Å². The quantitative estimate of drug-likeness (QED) is 0.310. The summed E-state index contributed by atoms with van der Waals surface area (Å²) in [6.07, 6.45) is 2.46. The number of hydrogen-bond donors (Lipinski definition) is 1. The molecule has 0 unspecified atom stereocenters. The van der Waals surface area contributed by atoms with Crippen molar-refractivity contribution in [3.63, 3.8) is 0 Å². The van der Waals surface area contributed by atoms with Gasteiger partial charge in [-0.3, -0.25) is 0 Å². The zero-order chi connectivity index (χ0) is 17.1. The van der Waals surface area contributed by atoms with Crippen LogP contribution in [0.3, 0.4) is 0 Å². The molecule has 0 aliphatic carbocycles. The van der Waals surface area contributed by atoms with E-state index < -0.39 is 11.9 Å². The Morgan fingerprint density at radius 3 is 2.56 bits per heavy atom. The molecule has 0 bridgehead atoms. The van der Waals surface area contributed by atoms with Gasteiger partial charge in [-0.25, -0.2) is 4.79 Å². The van der Waals surface area contributed by atoms with Crippen LogP contribution in [0.15, 0.2) is 11.6 Å². The van der Waals surface area contributed by atoms with Crippen molar-refractivity contribution in [2.45, 2.75) is 39.7 Å². The summed E-state index contributed by atoms with van der Waals surface area (Å²) in [7, 11) is 1.50. The van der Waals surface area contributed by atoms with Gasteiger partial charge in [0, 0.05) is 17.1 Å². The zero-order valence-corrected chi connectivity index (χ0v) is 19.4. The second-order valence-corrected chi connectivity index (χ2v) is 5.54. The molecular formula is C17H19Na2O6+. The van der Waals surface area contributed by atoms with Crippen molar-refractivity contribution >= 4 is 11.9 Å². The zero-order valence-electron chi connectivity index (χ0n) is 15.4. The van der Waals surface area contributed by atoms with E-state index in [1.54, 1.807) is 6.92 Å². The molecule has 0 amide bonds. The molecule has 2 rings (SSSR count). The Hall–Kier alpha value is -0.500. The molecule has 1 aromatic rings. The minimum atomic E-state index is -1.10. The number of carbonyl (C=O) groups is 2. The van der Waals surface area contributed by atoms with Gasteiger partial charge in [-0.05, 0) is 38.7 Å². The van der Waals surface area contributed by atoms with Gasteiger partial charge >= 0.3 is 65.1 Å². The Kier molecular flexibility index (Phi) is 10.4. The third-order valence-electron chi connectivity index (χ3n) is 4.03. The molecule has 0 saturated carbocycles. The molecule has 1 N–H and O–H groups in total. The monoisotopic (exact) mass is 365 g/mol. The Balaban J connectivity index is 0.00000288. The number of phenols is 1. The van der Waals surface area contributed by atoms with E-state index in [-0.39, 0.29) is 83.5 Å². The number of rotatable bonds is 6. The summed E-state index contributed by atoms with van der Waals surface area (Å²) in [6, 6.07) is 0. The number of hydrogen-bond acceptors (Lipinski definition) is 6. The molecule has 1 aliphatic heterocycles. The Labute approximate surface area is 191 Å². The predicted molar refractivity (Wildman–Crippen MR) is 80.2 cm³/mol. The first kappa shape index (κ1) is 24.5. The molecule has 1 aromatic carbocycles. The Morgan fingerprint density at radius 1 is 1.36 bits per heavy atom. The number of benzene rings is 1. The van der Waals surface area contributed by atoms with Gasteiger partial charge in [0.25, 0.3) is 0 Å². The van der Waals surface area contributed by atoms with Crippen molar-refractivity contribution in [3.8, 4) is 11.5 Å². The molecular weight excluding hydrogens is 346 g/mol. The number of cyclic esters (lactones) is 1. The number of aromatic hydroxyl groups is 1. The van der Waals surface area contributed by atoms with Gasteiger partial charge in [0.15, 0.2) is 0 Å². The van der Waals surface area contributed by atoms with E-state index in [2.05, 4.69) is 0 Å². The first-order chi connectivity index (χ1) is 10.9. The number of aliphatic carboxylic acids is 1. The number of esters is 1. The van der Waals surface area contributed by atoms with E-state index in [1.807, 2.05) is 13.0 Å². The smallest absolute Gasteiger partial charge is 0.550 e. The number of allylic oxidation sites excluding steroid dienone is 2. The first-order valence-corrected chi connectivity index (χ1v) is 7.30. The van der Waals surface area contributed by atoms with E-state index >= 15 is 0 Å². The minimum absolute atomic E-state index is 0. The second-order valence-electron chi connectivity index (χ2n) is 5.54. The largest absolute Gasteiger partial charge is 1.00 e. The summed E-state index contributed by atoms with van der Waals surface area (Å²) in [5.74, 6) is -1.26. The van der Waals surface area contributed by atoms with Crippen LogP contribution in [0.1, 0.15) is 46.8 Å². The van der Waals surface area contributed by atoms with Gasteiger partial charge < -0.3 is 24.5 Å². The van der Waals surface area contributed by atoms with Crippen LogP contribution in [0.2, 0.25) is 0 Å². The molecule has 0 fully saturated rings. The van der Waals surface area contributed by atoms with E-state index in [4.69, 9.17) is 9.47 Å². The van der Waals surface area contributed by atoms with Crippen molar-refractivity contribution in [1.29, 1.82) is 0 Å². The van der Waals surface area contributed by atoms with Crippen LogP contribution in [0.4, 0.5) is 0 Å². The average Bonchev–Trinajstić information content (AvgIpc) is 2.89. The molecule has 6 nitrogen and oxygen atoms in total. The maximum Gasteiger partial charge on any atom is 1.00 e. The average molecular weight is 365 g/mol. The minimum Gasteiger partial charge on any atom is -0.550 e. The number of phenolic OH excluding ortho intramolecular Hbond substituents is 1. The number of fused-ring (bicyclic) bond motifs is 1. The van der Waals surface area contributed by atoms with Gasteiger partial charge in [0.2, 0.25) is 0 Å². The van der Waals surface area contributed by atoms with E-state index in [0.717, 1.165) is 11.1 Å². The van der Waals surface area contributed by atoms with E-state index in [1.165, 1.54) is 7.11 Å². The number of methoxy groups -OCH3 is 1. The van der Waals surface area contributed by atoms with Crippen LogP contribution in [0.5, 0.6) is 11.5 Å². The standard InChI is InChI=1S/C17H20O6.2Na/c1-9(5-7-13(18)19)4-6-11-15(20)14-12(8-23-17(14)21)10(2)16(11)22-3;;/h4,20H,5-8H2,1-3H3,(H,18,19);;/q;2*+1/p-1/b9-4+;;. The van der Waals surface area contributed by atoms with Crippen LogP contribution in [0, 0.1) is 6.92 Å².